The van der Waals surface area contributed by atoms with Gasteiger partial charge in [0.1, 0.15) is 0 Å². The summed E-state index contributed by atoms with van der Waals surface area (Å²) in [6, 6.07) is 0.412. The summed E-state index contributed by atoms with van der Waals surface area (Å²) in [6.45, 7) is 3.39. The van der Waals surface area contributed by atoms with Gasteiger partial charge in [0.25, 0.3) is 0 Å². The Morgan fingerprint density at radius 3 is 3.00 bits per heavy atom. The first-order chi connectivity index (χ1) is 5.77. The van der Waals surface area contributed by atoms with Crippen LogP contribution in [0.1, 0.15) is 32.6 Å². The molecule has 0 spiro atoms. The molecule has 0 aromatic heterocycles. The molecule has 70 valence electrons. The number of rotatable bonds is 0. The number of piperidine rings is 1. The van der Waals surface area contributed by atoms with Crippen molar-refractivity contribution in [3.05, 3.63) is 0 Å². The van der Waals surface area contributed by atoms with Crippen molar-refractivity contribution in [2.45, 2.75) is 44.8 Å². The second-order valence-electron chi connectivity index (χ2n) is 4.53. The van der Waals surface area contributed by atoms with E-state index in [1.807, 2.05) is 0 Å². The molecule has 2 N–H and O–H groups in total. The average molecular weight is 169 g/mol. The standard InChI is InChI=1S/C10H19NO/c1-7-5-8-3-2-4-9(12)10(8)11-6-7/h7-12H,2-6H2,1H3. The molecule has 1 aliphatic heterocycles. The average Bonchev–Trinajstić information content (AvgIpc) is 2.04. The molecule has 2 rings (SSSR count). The summed E-state index contributed by atoms with van der Waals surface area (Å²) >= 11 is 0. The minimum Gasteiger partial charge on any atom is -0.391 e. The SMILES string of the molecule is CC1CNC2C(O)CCCC2C1. The molecule has 4 unspecified atom stereocenters. The Hall–Kier alpha value is -0.0800. The molecule has 0 aromatic carbocycles. The van der Waals surface area contributed by atoms with Crippen molar-refractivity contribution >= 4 is 0 Å². The lowest BCUT2D eigenvalue weighted by Gasteiger charge is -2.41. The molecule has 0 bridgehead atoms. The third-order valence-corrected chi connectivity index (χ3v) is 3.40. The summed E-state index contributed by atoms with van der Waals surface area (Å²) in [5, 5.41) is 13.2. The molecule has 2 nitrogen and oxygen atoms in total. The zero-order chi connectivity index (χ0) is 8.55. The van der Waals surface area contributed by atoms with Crippen molar-refractivity contribution in [3.8, 4) is 0 Å². The maximum Gasteiger partial charge on any atom is 0.0695 e. The minimum absolute atomic E-state index is 0.0729. The van der Waals surface area contributed by atoms with Crippen LogP contribution in [-0.4, -0.2) is 23.8 Å². The van der Waals surface area contributed by atoms with Gasteiger partial charge >= 0.3 is 0 Å². The van der Waals surface area contributed by atoms with Gasteiger partial charge in [-0.25, -0.2) is 0 Å². The van der Waals surface area contributed by atoms with Gasteiger partial charge in [-0.1, -0.05) is 13.3 Å². The maximum atomic E-state index is 9.73. The third-order valence-electron chi connectivity index (χ3n) is 3.40. The number of fused-ring (bicyclic) bond motifs is 1. The van der Waals surface area contributed by atoms with Crippen LogP contribution in [0.25, 0.3) is 0 Å². The lowest BCUT2D eigenvalue weighted by molar-refractivity contribution is 0.0317. The van der Waals surface area contributed by atoms with E-state index in [0.29, 0.717) is 6.04 Å². The summed E-state index contributed by atoms with van der Waals surface area (Å²) in [4.78, 5) is 0. The van der Waals surface area contributed by atoms with Crippen LogP contribution < -0.4 is 5.32 Å². The van der Waals surface area contributed by atoms with Crippen LogP contribution >= 0.6 is 0 Å². The highest BCUT2D eigenvalue weighted by atomic mass is 16.3. The van der Waals surface area contributed by atoms with Crippen LogP contribution in [0.5, 0.6) is 0 Å². The minimum atomic E-state index is -0.0729. The van der Waals surface area contributed by atoms with Gasteiger partial charge in [-0.2, -0.15) is 0 Å². The topological polar surface area (TPSA) is 32.3 Å². The maximum absolute atomic E-state index is 9.73. The van der Waals surface area contributed by atoms with Crippen molar-refractivity contribution in [1.82, 2.24) is 5.32 Å². The van der Waals surface area contributed by atoms with Crippen LogP contribution in [0, 0.1) is 11.8 Å². The highest BCUT2D eigenvalue weighted by Crippen LogP contribution is 2.32. The molecule has 1 heterocycles. The van der Waals surface area contributed by atoms with Gasteiger partial charge in [-0.3, -0.25) is 0 Å². The number of hydrogen-bond donors (Lipinski definition) is 2. The number of hydrogen-bond acceptors (Lipinski definition) is 2. The first-order valence-electron chi connectivity index (χ1n) is 5.19. The highest BCUT2D eigenvalue weighted by molar-refractivity contribution is 4.91. The van der Waals surface area contributed by atoms with Crippen LogP contribution in [0.15, 0.2) is 0 Å². The Bertz CT molecular complexity index is 160. The zero-order valence-electron chi connectivity index (χ0n) is 7.79. The second-order valence-corrected chi connectivity index (χ2v) is 4.53. The smallest absolute Gasteiger partial charge is 0.0695 e. The summed E-state index contributed by atoms with van der Waals surface area (Å²) in [5.74, 6) is 1.55. The molecule has 2 aliphatic rings. The van der Waals surface area contributed by atoms with Gasteiger partial charge in [0.05, 0.1) is 6.10 Å². The van der Waals surface area contributed by atoms with Crippen molar-refractivity contribution in [3.63, 3.8) is 0 Å². The quantitative estimate of drug-likeness (QED) is 0.570. The second kappa shape index (κ2) is 3.35. The molecule has 4 atom stereocenters. The van der Waals surface area contributed by atoms with E-state index in [1.54, 1.807) is 0 Å². The van der Waals surface area contributed by atoms with Crippen molar-refractivity contribution < 1.29 is 5.11 Å². The fourth-order valence-corrected chi connectivity index (χ4v) is 2.77. The summed E-state index contributed by atoms with van der Waals surface area (Å²) in [7, 11) is 0. The molecule has 2 fully saturated rings. The largest absolute Gasteiger partial charge is 0.391 e. The fraction of sp³-hybridized carbons (Fsp3) is 1.00. The molecule has 1 saturated carbocycles. The van der Waals surface area contributed by atoms with Crippen LogP contribution in [-0.2, 0) is 0 Å². The molecule has 0 aromatic rings. The first kappa shape index (κ1) is 8.52. The molecule has 2 heteroatoms. The van der Waals surface area contributed by atoms with Crippen molar-refractivity contribution in [2.24, 2.45) is 11.8 Å². The molecular formula is C10H19NO. The lowest BCUT2D eigenvalue weighted by Crippen LogP contribution is -2.53. The van der Waals surface area contributed by atoms with E-state index in [1.165, 1.54) is 19.3 Å². The van der Waals surface area contributed by atoms with Gasteiger partial charge in [0, 0.05) is 6.04 Å². The fourth-order valence-electron chi connectivity index (χ4n) is 2.77. The van der Waals surface area contributed by atoms with E-state index in [4.69, 9.17) is 0 Å². The van der Waals surface area contributed by atoms with Crippen LogP contribution in [0.3, 0.4) is 0 Å². The lowest BCUT2D eigenvalue weighted by atomic mass is 9.75. The van der Waals surface area contributed by atoms with Crippen LogP contribution in [0.2, 0.25) is 0 Å². The van der Waals surface area contributed by atoms with Gasteiger partial charge in [0.2, 0.25) is 0 Å². The van der Waals surface area contributed by atoms with Gasteiger partial charge < -0.3 is 10.4 Å². The van der Waals surface area contributed by atoms with E-state index in [-0.39, 0.29) is 6.10 Å². The van der Waals surface area contributed by atoms with Crippen molar-refractivity contribution in [1.29, 1.82) is 0 Å². The predicted molar refractivity (Wildman–Crippen MR) is 48.9 cm³/mol. The molecule has 12 heavy (non-hydrogen) atoms. The molecule has 0 amide bonds. The normalized spacial score (nSPS) is 48.5. The number of nitrogens with one attached hydrogen (secondary N) is 1. The summed E-state index contributed by atoms with van der Waals surface area (Å²) < 4.78 is 0. The molecule has 1 saturated heterocycles. The van der Waals surface area contributed by atoms with E-state index in [9.17, 15) is 5.11 Å². The highest BCUT2D eigenvalue weighted by Gasteiger charge is 2.35. The summed E-state index contributed by atoms with van der Waals surface area (Å²) in [6.07, 6.45) is 4.78. The summed E-state index contributed by atoms with van der Waals surface area (Å²) in [5.41, 5.74) is 0. The van der Waals surface area contributed by atoms with Gasteiger partial charge in [-0.05, 0) is 37.6 Å². The zero-order valence-corrected chi connectivity index (χ0v) is 7.79. The van der Waals surface area contributed by atoms with Gasteiger partial charge in [-0.15, -0.1) is 0 Å². The van der Waals surface area contributed by atoms with Gasteiger partial charge in [0.15, 0.2) is 0 Å². The Morgan fingerprint density at radius 1 is 1.33 bits per heavy atom. The Labute approximate surface area is 74.4 Å². The van der Waals surface area contributed by atoms with Crippen molar-refractivity contribution in [2.75, 3.05) is 6.54 Å². The van der Waals surface area contributed by atoms with E-state index in [2.05, 4.69) is 12.2 Å². The third kappa shape index (κ3) is 1.50. The predicted octanol–water partition coefficient (Wildman–Crippen LogP) is 1.15. The molecular weight excluding hydrogens is 150 g/mol. The van der Waals surface area contributed by atoms with E-state index < -0.39 is 0 Å². The Balaban J connectivity index is 1.99. The van der Waals surface area contributed by atoms with Crippen LogP contribution in [0.4, 0.5) is 0 Å². The monoisotopic (exact) mass is 169 g/mol. The Kier molecular flexibility index (Phi) is 2.37. The first-order valence-corrected chi connectivity index (χ1v) is 5.19. The molecule has 1 aliphatic carbocycles. The number of aliphatic hydroxyl groups is 1. The molecule has 0 radical (unpaired) electrons. The number of aliphatic hydroxyl groups excluding tert-OH is 1. The Morgan fingerprint density at radius 2 is 2.17 bits per heavy atom. The van der Waals surface area contributed by atoms with E-state index in [0.717, 1.165) is 24.8 Å². The van der Waals surface area contributed by atoms with E-state index >= 15 is 0 Å².